The lowest BCUT2D eigenvalue weighted by atomic mass is 10.1. The Morgan fingerprint density at radius 1 is 0.884 bits per heavy atom. The number of carbonyl (C=O) groups excluding carboxylic acids is 3. The minimum Gasteiger partial charge on any atom is -0.492 e. The maximum absolute atomic E-state index is 13.0. The van der Waals surface area contributed by atoms with Crippen molar-refractivity contribution in [3.05, 3.63) is 124 Å². The van der Waals surface area contributed by atoms with Crippen LogP contribution in [0, 0.1) is 11.3 Å². The molecule has 10 heteroatoms. The summed E-state index contributed by atoms with van der Waals surface area (Å²) < 4.78 is 11.5. The van der Waals surface area contributed by atoms with Gasteiger partial charge in [-0.25, -0.2) is 4.90 Å². The van der Waals surface area contributed by atoms with Crippen LogP contribution in [0.2, 0.25) is 5.02 Å². The van der Waals surface area contributed by atoms with Crippen LogP contribution in [0.5, 0.6) is 11.5 Å². The predicted octanol–water partition coefficient (Wildman–Crippen LogP) is 6.58. The van der Waals surface area contributed by atoms with Crippen LogP contribution in [0.25, 0.3) is 0 Å². The van der Waals surface area contributed by atoms with Crippen LogP contribution in [0.15, 0.2) is 103 Å². The summed E-state index contributed by atoms with van der Waals surface area (Å²) in [5.41, 5.74) is 2.55. The van der Waals surface area contributed by atoms with Crippen LogP contribution < -0.4 is 25.0 Å². The number of ether oxygens (including phenoxy) is 2. The number of amides is 3. The van der Waals surface area contributed by atoms with Gasteiger partial charge >= 0.3 is 0 Å². The second-order valence-electron chi connectivity index (χ2n) is 9.29. The molecule has 0 fully saturated rings. The molecule has 1 aliphatic rings. The average molecular weight is 593 g/mol. The summed E-state index contributed by atoms with van der Waals surface area (Å²) in [6.45, 7) is 2.39. The van der Waals surface area contributed by atoms with E-state index in [9.17, 15) is 19.6 Å². The minimum atomic E-state index is -0.656. The maximum atomic E-state index is 13.0. The van der Waals surface area contributed by atoms with Crippen molar-refractivity contribution >= 4 is 46.4 Å². The van der Waals surface area contributed by atoms with E-state index in [0.717, 1.165) is 10.5 Å². The van der Waals surface area contributed by atoms with Crippen molar-refractivity contribution in [1.29, 1.82) is 5.26 Å². The van der Waals surface area contributed by atoms with E-state index in [-0.39, 0.29) is 23.6 Å². The molecule has 0 aromatic heterocycles. The second-order valence-corrected chi connectivity index (χ2v) is 9.70. The third-order valence-corrected chi connectivity index (χ3v) is 6.77. The van der Waals surface area contributed by atoms with Gasteiger partial charge in [0.25, 0.3) is 17.7 Å². The molecule has 0 aliphatic carbocycles. The van der Waals surface area contributed by atoms with Crippen LogP contribution in [0.1, 0.15) is 33.2 Å². The first kappa shape index (κ1) is 28.9. The molecule has 0 radical (unpaired) electrons. The number of nitrogens with one attached hydrogen (secondary N) is 2. The van der Waals surface area contributed by atoms with Crippen LogP contribution in [0.3, 0.4) is 0 Å². The highest BCUT2D eigenvalue weighted by Gasteiger charge is 2.37. The highest BCUT2D eigenvalue weighted by molar-refractivity contribution is 6.35. The van der Waals surface area contributed by atoms with Crippen molar-refractivity contribution in [2.75, 3.05) is 22.1 Å². The number of hydrogen-bond donors (Lipinski definition) is 2. The zero-order valence-electron chi connectivity index (χ0n) is 23.0. The van der Waals surface area contributed by atoms with E-state index < -0.39 is 17.7 Å². The van der Waals surface area contributed by atoms with Gasteiger partial charge < -0.3 is 20.1 Å². The lowest BCUT2D eigenvalue weighted by Crippen LogP contribution is -2.29. The Bertz CT molecular complexity index is 1750. The number of imide groups is 1. The van der Waals surface area contributed by atoms with Gasteiger partial charge in [0.15, 0.2) is 0 Å². The Labute approximate surface area is 252 Å². The smallest absolute Gasteiger partial charge is 0.267 e. The molecule has 2 N–H and O–H groups in total. The Morgan fingerprint density at radius 3 is 2.21 bits per heavy atom. The van der Waals surface area contributed by atoms with Gasteiger partial charge in [0.05, 0.1) is 28.4 Å². The summed E-state index contributed by atoms with van der Waals surface area (Å²) in [6, 6.07) is 27.7. The van der Waals surface area contributed by atoms with Crippen LogP contribution >= 0.6 is 11.6 Å². The normalized spacial score (nSPS) is 12.4. The highest BCUT2D eigenvalue weighted by atomic mass is 35.5. The van der Waals surface area contributed by atoms with E-state index in [1.165, 1.54) is 12.3 Å². The van der Waals surface area contributed by atoms with Crippen LogP contribution in [-0.4, -0.2) is 24.3 Å². The number of hydrogen-bond acceptors (Lipinski definition) is 7. The summed E-state index contributed by atoms with van der Waals surface area (Å²) in [4.78, 5) is 39.9. The van der Waals surface area contributed by atoms with Crippen molar-refractivity contribution in [2.24, 2.45) is 0 Å². The molecule has 0 atom stereocenters. The Balaban J connectivity index is 1.27. The standard InChI is InChI=1S/C33H25ClN4O5/c1-2-42-30-17-23(12-14-28(30)38-32(40)25-10-6-7-11-26(25)33(38)41)36-19-22(18-35)31(39)37-24-13-15-29(27(34)16-24)43-20-21-8-4-3-5-9-21/h3-17,19,36H,2,20H2,1H3,(H,37,39)/b22-19+. The fourth-order valence-corrected chi connectivity index (χ4v) is 4.64. The first-order valence-electron chi connectivity index (χ1n) is 13.3. The first-order chi connectivity index (χ1) is 20.9. The third-order valence-electron chi connectivity index (χ3n) is 6.47. The summed E-state index contributed by atoms with van der Waals surface area (Å²) in [7, 11) is 0. The molecule has 1 aliphatic heterocycles. The van der Waals surface area contributed by atoms with Crippen molar-refractivity contribution in [2.45, 2.75) is 13.5 Å². The molecule has 0 saturated heterocycles. The Hall–Kier alpha value is -5.59. The number of nitriles is 1. The zero-order chi connectivity index (χ0) is 30.3. The number of halogens is 1. The number of fused-ring (bicyclic) bond motifs is 1. The van der Waals surface area contributed by atoms with Crippen molar-refractivity contribution in [1.82, 2.24) is 0 Å². The monoisotopic (exact) mass is 592 g/mol. The molecule has 4 aromatic rings. The second kappa shape index (κ2) is 12.9. The molecule has 9 nitrogen and oxygen atoms in total. The van der Waals surface area contributed by atoms with Crippen molar-refractivity contribution < 1.29 is 23.9 Å². The summed E-state index contributed by atoms with van der Waals surface area (Å²) >= 11 is 6.35. The summed E-state index contributed by atoms with van der Waals surface area (Å²) in [5.74, 6) is -0.807. The fraction of sp³-hybridized carbons (Fsp3) is 0.0909. The van der Waals surface area contributed by atoms with Gasteiger partial charge in [0, 0.05) is 23.6 Å². The quantitative estimate of drug-likeness (QED) is 0.121. The van der Waals surface area contributed by atoms with Crippen molar-refractivity contribution in [3.63, 3.8) is 0 Å². The lowest BCUT2D eigenvalue weighted by molar-refractivity contribution is -0.112. The molecule has 43 heavy (non-hydrogen) atoms. The van der Waals surface area contributed by atoms with E-state index >= 15 is 0 Å². The molecule has 4 aromatic carbocycles. The molecule has 0 bridgehead atoms. The average Bonchev–Trinajstić information content (AvgIpc) is 3.27. The van der Waals surface area contributed by atoms with Gasteiger partial charge in [0.2, 0.25) is 0 Å². The number of carbonyl (C=O) groups is 3. The first-order valence-corrected chi connectivity index (χ1v) is 13.7. The predicted molar refractivity (Wildman–Crippen MR) is 163 cm³/mol. The molecule has 0 saturated carbocycles. The van der Waals surface area contributed by atoms with Gasteiger partial charge in [-0.15, -0.1) is 0 Å². The van der Waals surface area contributed by atoms with Crippen LogP contribution in [-0.2, 0) is 11.4 Å². The largest absolute Gasteiger partial charge is 0.492 e. The van der Waals surface area contributed by atoms with Crippen molar-refractivity contribution in [3.8, 4) is 17.6 Å². The third kappa shape index (κ3) is 6.35. The molecular weight excluding hydrogens is 568 g/mol. The SMILES string of the molecule is CCOc1cc(N/C=C(\C#N)C(=O)Nc2ccc(OCc3ccccc3)c(Cl)c2)ccc1N1C(=O)c2ccccc2C1=O. The number of benzene rings is 4. The molecule has 1 heterocycles. The van der Waals surface area contributed by atoms with E-state index in [1.54, 1.807) is 61.5 Å². The number of rotatable bonds is 10. The van der Waals surface area contributed by atoms with Gasteiger partial charge in [-0.2, -0.15) is 5.26 Å². The molecule has 5 rings (SSSR count). The lowest BCUT2D eigenvalue weighted by Gasteiger charge is -2.19. The number of anilines is 3. The summed E-state index contributed by atoms with van der Waals surface area (Å²) in [5, 5.41) is 15.5. The zero-order valence-corrected chi connectivity index (χ0v) is 23.7. The molecule has 0 spiro atoms. The minimum absolute atomic E-state index is 0.206. The van der Waals surface area contributed by atoms with E-state index in [0.29, 0.717) is 39.9 Å². The van der Waals surface area contributed by atoms with E-state index in [2.05, 4.69) is 10.6 Å². The molecule has 214 valence electrons. The fourth-order valence-electron chi connectivity index (χ4n) is 4.40. The van der Waals surface area contributed by atoms with E-state index in [4.69, 9.17) is 21.1 Å². The molecule has 3 amide bonds. The van der Waals surface area contributed by atoms with E-state index in [1.807, 2.05) is 36.4 Å². The Morgan fingerprint density at radius 2 is 1.56 bits per heavy atom. The highest BCUT2D eigenvalue weighted by Crippen LogP contribution is 2.37. The maximum Gasteiger partial charge on any atom is 0.267 e. The molecule has 0 unspecified atom stereocenters. The topological polar surface area (TPSA) is 121 Å². The molecular formula is C33H25ClN4O5. The summed E-state index contributed by atoms with van der Waals surface area (Å²) in [6.07, 6.45) is 1.25. The van der Waals surface area contributed by atoms with Gasteiger partial charge in [-0.1, -0.05) is 54.1 Å². The van der Waals surface area contributed by atoms with Gasteiger partial charge in [0.1, 0.15) is 29.7 Å². The number of nitrogens with zero attached hydrogens (tertiary/aromatic N) is 2. The van der Waals surface area contributed by atoms with Gasteiger partial charge in [-0.05, 0) is 55.0 Å². The van der Waals surface area contributed by atoms with Crippen LogP contribution in [0.4, 0.5) is 17.1 Å². The van der Waals surface area contributed by atoms with Gasteiger partial charge in [-0.3, -0.25) is 14.4 Å². The Kier molecular flexibility index (Phi) is 8.70.